The van der Waals surface area contributed by atoms with E-state index in [-0.39, 0.29) is 24.1 Å². The summed E-state index contributed by atoms with van der Waals surface area (Å²) in [6.07, 6.45) is -4.30. The first-order chi connectivity index (χ1) is 10.3. The van der Waals surface area contributed by atoms with E-state index in [1.54, 1.807) is 13.8 Å². The Labute approximate surface area is 126 Å². The Morgan fingerprint density at radius 1 is 1.41 bits per heavy atom. The molecule has 0 bridgehead atoms. The van der Waals surface area contributed by atoms with Gasteiger partial charge in [0.25, 0.3) is 0 Å². The van der Waals surface area contributed by atoms with Crippen molar-refractivity contribution in [1.82, 2.24) is 0 Å². The predicted molar refractivity (Wildman–Crippen MR) is 74.8 cm³/mol. The topological polar surface area (TPSA) is 47.6 Å². The fourth-order valence-electron chi connectivity index (χ4n) is 2.19. The number of halogens is 3. The molecule has 7 heteroatoms. The van der Waals surface area contributed by atoms with Gasteiger partial charge in [-0.2, -0.15) is 13.2 Å². The molecule has 122 valence electrons. The van der Waals surface area contributed by atoms with Gasteiger partial charge in [0.15, 0.2) is 0 Å². The summed E-state index contributed by atoms with van der Waals surface area (Å²) < 4.78 is 49.8. The number of ether oxygens (including phenoxy) is 2. The summed E-state index contributed by atoms with van der Waals surface area (Å²) in [5, 5.41) is 2.35. The van der Waals surface area contributed by atoms with E-state index in [2.05, 4.69) is 5.32 Å². The molecule has 0 saturated carbocycles. The maximum Gasteiger partial charge on any atom is 0.418 e. The first kappa shape index (κ1) is 16.6. The molecule has 1 aromatic rings. The average molecular weight is 317 g/mol. The lowest BCUT2D eigenvalue weighted by Gasteiger charge is -2.18. The second-order valence-corrected chi connectivity index (χ2v) is 5.42. The molecule has 1 aromatic carbocycles. The molecule has 0 aliphatic carbocycles. The summed E-state index contributed by atoms with van der Waals surface area (Å²) in [7, 11) is 0. The number of nitrogens with one attached hydrogen (secondary N) is 1. The Morgan fingerprint density at radius 3 is 2.68 bits per heavy atom. The van der Waals surface area contributed by atoms with E-state index in [4.69, 9.17) is 9.47 Å². The quantitative estimate of drug-likeness (QED) is 0.925. The van der Waals surface area contributed by atoms with Crippen LogP contribution in [0.3, 0.4) is 0 Å². The number of carbonyl (C=O) groups excluding carboxylic acids is 1. The molecule has 1 aliphatic rings. The van der Waals surface area contributed by atoms with Crippen molar-refractivity contribution in [2.75, 3.05) is 18.5 Å². The molecule has 1 heterocycles. The molecule has 0 aromatic heterocycles. The zero-order valence-electron chi connectivity index (χ0n) is 12.4. The molecular weight excluding hydrogens is 299 g/mol. The van der Waals surface area contributed by atoms with Crippen LogP contribution in [0.4, 0.5) is 18.9 Å². The van der Waals surface area contributed by atoms with E-state index in [9.17, 15) is 18.0 Å². The highest BCUT2D eigenvalue weighted by Crippen LogP contribution is 2.37. The van der Waals surface area contributed by atoms with Gasteiger partial charge in [-0.3, -0.25) is 4.79 Å². The molecular formula is C15H18F3NO3. The van der Waals surface area contributed by atoms with Crippen molar-refractivity contribution >= 4 is 11.6 Å². The Morgan fingerprint density at radius 2 is 2.14 bits per heavy atom. The first-order valence-electron chi connectivity index (χ1n) is 7.04. The third-order valence-corrected chi connectivity index (χ3v) is 3.23. The van der Waals surface area contributed by atoms with Gasteiger partial charge in [-0.1, -0.05) is 0 Å². The van der Waals surface area contributed by atoms with E-state index in [0.717, 1.165) is 6.07 Å². The summed E-state index contributed by atoms with van der Waals surface area (Å²) in [6, 6.07) is 3.53. The number of hydrogen-bond donors (Lipinski definition) is 1. The van der Waals surface area contributed by atoms with Crippen molar-refractivity contribution in [3.05, 3.63) is 23.8 Å². The largest absolute Gasteiger partial charge is 0.491 e. The van der Waals surface area contributed by atoms with Gasteiger partial charge in [-0.25, -0.2) is 0 Å². The molecule has 1 atom stereocenters. The Bertz CT molecular complexity index is 537. The van der Waals surface area contributed by atoms with Crippen molar-refractivity contribution in [2.45, 2.75) is 32.5 Å². The maximum absolute atomic E-state index is 13.2. The molecule has 0 unspecified atom stereocenters. The fourth-order valence-corrected chi connectivity index (χ4v) is 2.19. The highest BCUT2D eigenvalue weighted by molar-refractivity contribution is 5.93. The monoisotopic (exact) mass is 317 g/mol. The lowest BCUT2D eigenvalue weighted by Crippen LogP contribution is -2.24. The number of hydrogen-bond acceptors (Lipinski definition) is 3. The van der Waals surface area contributed by atoms with Crippen LogP contribution < -0.4 is 10.1 Å². The van der Waals surface area contributed by atoms with Gasteiger partial charge in [0, 0.05) is 6.61 Å². The number of benzene rings is 1. The van der Waals surface area contributed by atoms with Crippen LogP contribution >= 0.6 is 0 Å². The molecule has 0 radical (unpaired) electrons. The minimum Gasteiger partial charge on any atom is -0.491 e. The van der Waals surface area contributed by atoms with Crippen LogP contribution in [0.5, 0.6) is 5.75 Å². The zero-order chi connectivity index (χ0) is 16.3. The van der Waals surface area contributed by atoms with Crippen LogP contribution in [0.1, 0.15) is 25.8 Å². The molecule has 0 spiro atoms. The third-order valence-electron chi connectivity index (χ3n) is 3.23. The van der Waals surface area contributed by atoms with Crippen molar-refractivity contribution in [1.29, 1.82) is 0 Å². The van der Waals surface area contributed by atoms with Crippen LogP contribution in [-0.4, -0.2) is 25.2 Å². The minimum atomic E-state index is -4.58. The van der Waals surface area contributed by atoms with E-state index in [1.165, 1.54) is 12.1 Å². The molecule has 1 amide bonds. The third kappa shape index (κ3) is 4.13. The molecule has 1 saturated heterocycles. The Kier molecular flexibility index (Phi) is 4.95. The maximum atomic E-state index is 13.2. The van der Waals surface area contributed by atoms with Crippen molar-refractivity contribution in [3.63, 3.8) is 0 Å². The van der Waals surface area contributed by atoms with Crippen LogP contribution in [-0.2, 0) is 15.7 Å². The van der Waals surface area contributed by atoms with E-state index < -0.39 is 23.6 Å². The molecule has 4 nitrogen and oxygen atoms in total. The van der Waals surface area contributed by atoms with Gasteiger partial charge in [0.2, 0.25) is 5.91 Å². The van der Waals surface area contributed by atoms with E-state index in [0.29, 0.717) is 13.0 Å². The lowest BCUT2D eigenvalue weighted by atomic mass is 10.1. The summed E-state index contributed by atoms with van der Waals surface area (Å²) >= 11 is 0. The second kappa shape index (κ2) is 6.56. The van der Waals surface area contributed by atoms with E-state index >= 15 is 0 Å². The molecule has 1 fully saturated rings. The SMILES string of the molecule is CC(C)Oc1ccc(NC(=O)[C@@H]2CCOC2)c(C(F)(F)F)c1. The van der Waals surface area contributed by atoms with E-state index in [1.807, 2.05) is 0 Å². The fraction of sp³-hybridized carbons (Fsp3) is 0.533. The zero-order valence-corrected chi connectivity index (χ0v) is 12.4. The second-order valence-electron chi connectivity index (χ2n) is 5.42. The van der Waals surface area contributed by atoms with Gasteiger partial charge >= 0.3 is 6.18 Å². The lowest BCUT2D eigenvalue weighted by molar-refractivity contribution is -0.137. The number of rotatable bonds is 4. The highest BCUT2D eigenvalue weighted by Gasteiger charge is 2.35. The standard InChI is InChI=1S/C15H18F3NO3/c1-9(2)22-11-3-4-13(12(7-11)15(16,17)18)19-14(20)10-5-6-21-8-10/h3-4,7,9-10H,5-6,8H2,1-2H3,(H,19,20)/t10-/m1/s1. The summed E-state index contributed by atoms with van der Waals surface area (Å²) in [4.78, 5) is 12.0. The predicted octanol–water partition coefficient (Wildman–Crippen LogP) is 3.47. The van der Waals surface area contributed by atoms with Crippen molar-refractivity contribution in [2.24, 2.45) is 5.92 Å². The smallest absolute Gasteiger partial charge is 0.418 e. The summed E-state index contributed by atoms with van der Waals surface area (Å²) in [6.45, 7) is 4.14. The summed E-state index contributed by atoms with van der Waals surface area (Å²) in [5.41, 5.74) is -1.18. The van der Waals surface area contributed by atoms with Crippen LogP contribution in [0.25, 0.3) is 0 Å². The normalized spacial score (nSPS) is 18.5. The highest BCUT2D eigenvalue weighted by atomic mass is 19.4. The van der Waals surface area contributed by atoms with Crippen LogP contribution in [0.15, 0.2) is 18.2 Å². The van der Waals surface area contributed by atoms with Crippen LogP contribution in [0.2, 0.25) is 0 Å². The molecule has 1 N–H and O–H groups in total. The first-order valence-corrected chi connectivity index (χ1v) is 7.04. The van der Waals surface area contributed by atoms with Crippen molar-refractivity contribution in [3.8, 4) is 5.75 Å². The minimum absolute atomic E-state index is 0.115. The number of anilines is 1. The van der Waals surface area contributed by atoms with Gasteiger partial charge in [-0.05, 0) is 38.5 Å². The number of carbonyl (C=O) groups is 1. The molecule has 22 heavy (non-hydrogen) atoms. The van der Waals surface area contributed by atoms with Gasteiger partial charge in [-0.15, -0.1) is 0 Å². The van der Waals surface area contributed by atoms with Crippen molar-refractivity contribution < 1.29 is 27.4 Å². The number of amides is 1. The average Bonchev–Trinajstić information content (AvgIpc) is 2.92. The molecule has 2 rings (SSSR count). The summed E-state index contributed by atoms with van der Waals surface area (Å²) in [5.74, 6) is -0.752. The van der Waals surface area contributed by atoms with Gasteiger partial charge < -0.3 is 14.8 Å². The van der Waals surface area contributed by atoms with Crippen LogP contribution in [0, 0.1) is 5.92 Å². The number of alkyl halides is 3. The van der Waals surface area contributed by atoms with Gasteiger partial charge in [0.05, 0.1) is 29.9 Å². The Balaban J connectivity index is 2.23. The van der Waals surface area contributed by atoms with Gasteiger partial charge in [0.1, 0.15) is 5.75 Å². The molecule has 1 aliphatic heterocycles. The Hall–Kier alpha value is -1.76.